The van der Waals surface area contributed by atoms with Crippen LogP contribution in [0, 0.1) is 0 Å². The molecule has 1 heterocycles. The summed E-state index contributed by atoms with van der Waals surface area (Å²) >= 11 is 5.41. The maximum atomic E-state index is 9.99. The lowest BCUT2D eigenvalue weighted by Gasteiger charge is -2.38. The Morgan fingerprint density at radius 2 is 1.94 bits per heavy atom. The van der Waals surface area contributed by atoms with E-state index in [0.29, 0.717) is 5.59 Å². The average molecular weight is 258 g/mol. The summed E-state index contributed by atoms with van der Waals surface area (Å²) in [5.41, 5.74) is -1.31. The van der Waals surface area contributed by atoms with Crippen LogP contribution in [0.3, 0.4) is 0 Å². The summed E-state index contributed by atoms with van der Waals surface area (Å²) in [5.74, 6) is 0. The smallest absolute Gasteiger partial charge is 0.398 e. The van der Waals surface area contributed by atoms with E-state index in [1.807, 2.05) is 6.07 Å². The lowest BCUT2D eigenvalue weighted by molar-refractivity contribution is -0.0973. The number of hydrogen-bond acceptors (Lipinski definition) is 4. The highest BCUT2D eigenvalue weighted by Crippen LogP contribution is 2.25. The van der Waals surface area contributed by atoms with Gasteiger partial charge in [0, 0.05) is 18.1 Å². The van der Waals surface area contributed by atoms with Gasteiger partial charge in [-0.05, 0) is 39.8 Å². The highest BCUT2D eigenvalue weighted by molar-refractivity contribution is 6.63. The van der Waals surface area contributed by atoms with Crippen LogP contribution in [0.1, 0.15) is 27.7 Å². The van der Waals surface area contributed by atoms with Crippen LogP contribution in [-0.2, 0) is 8.86 Å². The van der Waals surface area contributed by atoms with E-state index >= 15 is 0 Å². The third-order valence-electron chi connectivity index (χ3n) is 2.89. The topological polar surface area (TPSA) is 51.6 Å². The van der Waals surface area contributed by atoms with E-state index in [1.165, 1.54) is 0 Å². The molecule has 0 aromatic carbocycles. The molecule has 1 aromatic rings. The zero-order valence-corrected chi connectivity index (χ0v) is 11.2. The van der Waals surface area contributed by atoms with Gasteiger partial charge in [-0.1, -0.05) is 6.07 Å². The quantitative estimate of drug-likeness (QED) is 0.813. The minimum Gasteiger partial charge on any atom is -0.398 e. The number of rotatable bonds is 5. The molecule has 0 aliphatic rings. The number of hydrogen-bond donors (Lipinski definition) is 1. The van der Waals surface area contributed by atoms with Crippen LogP contribution < -0.4 is 5.59 Å². The van der Waals surface area contributed by atoms with Gasteiger partial charge in [0.2, 0.25) is 0 Å². The van der Waals surface area contributed by atoms with Crippen molar-refractivity contribution in [2.24, 2.45) is 0 Å². The zero-order chi connectivity index (χ0) is 13.1. The molecule has 0 saturated carbocycles. The van der Waals surface area contributed by atoms with Gasteiger partial charge >= 0.3 is 7.12 Å². The molecule has 0 atom stereocenters. The predicted octanol–water partition coefficient (Wildman–Crippen LogP) is 1.51. The van der Waals surface area contributed by atoms with Crippen LogP contribution in [0.2, 0.25) is 0 Å². The Hall–Kier alpha value is -0.615. The van der Waals surface area contributed by atoms with E-state index in [-0.39, 0.29) is 0 Å². The number of halogens is 1. The summed E-state index contributed by atoms with van der Waals surface area (Å²) in [7, 11) is -0.820. The molecule has 0 radical (unpaired) electrons. The van der Waals surface area contributed by atoms with Crippen molar-refractivity contribution in [3.05, 3.63) is 24.4 Å². The van der Waals surface area contributed by atoms with Crippen molar-refractivity contribution in [3.63, 3.8) is 0 Å². The van der Waals surface area contributed by atoms with Gasteiger partial charge in [0.25, 0.3) is 0 Å². The summed E-state index contributed by atoms with van der Waals surface area (Å²) in [6.45, 7) is 6.85. The van der Waals surface area contributed by atoms with Gasteiger partial charge < -0.3 is 14.0 Å². The van der Waals surface area contributed by atoms with Crippen molar-refractivity contribution in [1.82, 2.24) is 4.98 Å². The van der Waals surface area contributed by atoms with Gasteiger partial charge in [-0.2, -0.15) is 0 Å². The largest absolute Gasteiger partial charge is 0.530 e. The summed E-state index contributed by atoms with van der Waals surface area (Å²) < 4.78 is 10.4. The second-order valence-corrected chi connectivity index (χ2v) is 5.04. The Morgan fingerprint density at radius 1 is 1.29 bits per heavy atom. The van der Waals surface area contributed by atoms with Crippen LogP contribution in [0.4, 0.5) is 0 Å². The number of nitrogens with zero attached hydrogens (tertiary/aromatic N) is 1. The minimum absolute atomic E-state index is 0.555. The lowest BCUT2D eigenvalue weighted by Crippen LogP contribution is -2.53. The molecule has 0 fully saturated rings. The van der Waals surface area contributed by atoms with Gasteiger partial charge in [-0.3, -0.25) is 4.98 Å². The first kappa shape index (κ1) is 14.4. The maximum Gasteiger partial charge on any atom is 0.530 e. The minimum atomic E-state index is -1.03. The zero-order valence-electron chi connectivity index (χ0n) is 10.5. The monoisotopic (exact) mass is 257 g/mol. The van der Waals surface area contributed by atoms with Crippen LogP contribution >= 0.6 is 11.9 Å². The van der Waals surface area contributed by atoms with Crippen LogP contribution in [0.5, 0.6) is 0 Å². The van der Waals surface area contributed by atoms with Gasteiger partial charge in [0.1, 0.15) is 0 Å². The van der Waals surface area contributed by atoms with Crippen LogP contribution in [-0.4, -0.2) is 28.4 Å². The first-order chi connectivity index (χ1) is 7.78. The van der Waals surface area contributed by atoms with Crippen molar-refractivity contribution in [1.29, 1.82) is 0 Å². The molecule has 1 N–H and O–H groups in total. The van der Waals surface area contributed by atoms with Crippen LogP contribution in [0.15, 0.2) is 24.4 Å². The van der Waals surface area contributed by atoms with Crippen molar-refractivity contribution in [3.8, 4) is 0 Å². The molecular formula is C11H17BClNO3. The number of pyridine rings is 1. The third-order valence-corrected chi connectivity index (χ3v) is 3.05. The predicted molar refractivity (Wildman–Crippen MR) is 68.0 cm³/mol. The van der Waals surface area contributed by atoms with Crippen molar-refractivity contribution < 1.29 is 14.0 Å². The van der Waals surface area contributed by atoms with E-state index in [4.69, 9.17) is 20.7 Å². The van der Waals surface area contributed by atoms with E-state index in [9.17, 15) is 5.11 Å². The van der Waals surface area contributed by atoms with Crippen molar-refractivity contribution in [2.75, 3.05) is 0 Å². The molecule has 94 valence electrons. The molecule has 0 aliphatic heterocycles. The first-order valence-electron chi connectivity index (χ1n) is 5.36. The van der Waals surface area contributed by atoms with E-state index < -0.39 is 18.3 Å². The summed E-state index contributed by atoms with van der Waals surface area (Å²) in [6, 6.07) is 5.34. The summed E-state index contributed by atoms with van der Waals surface area (Å²) in [6.07, 6.45) is 1.62. The highest BCUT2D eigenvalue weighted by atomic mass is 35.5. The average Bonchev–Trinajstić information content (AvgIpc) is 2.25. The standard InChI is InChI=1S/C11H17BClNO3/c1-10(2,15)11(3,4)16-12(17-13)9-7-5-6-8-14-9/h5-8,15H,1-4H3. The Labute approximate surface area is 107 Å². The molecule has 1 aromatic heterocycles. The second kappa shape index (κ2) is 5.35. The summed E-state index contributed by atoms with van der Waals surface area (Å²) in [4.78, 5) is 4.10. The molecule has 0 spiro atoms. The Bertz CT molecular complexity index is 353. The first-order valence-corrected chi connectivity index (χ1v) is 5.67. The fraction of sp³-hybridized carbons (Fsp3) is 0.545. The molecule has 0 bridgehead atoms. The van der Waals surface area contributed by atoms with Crippen molar-refractivity contribution in [2.45, 2.75) is 38.9 Å². The molecule has 4 nitrogen and oxygen atoms in total. The van der Waals surface area contributed by atoms with E-state index in [1.54, 1.807) is 46.0 Å². The van der Waals surface area contributed by atoms with E-state index in [0.717, 1.165) is 0 Å². The van der Waals surface area contributed by atoms with E-state index in [2.05, 4.69) is 4.98 Å². The maximum absolute atomic E-state index is 9.99. The van der Waals surface area contributed by atoms with Gasteiger partial charge in [-0.25, -0.2) is 0 Å². The molecule has 0 unspecified atom stereocenters. The number of aliphatic hydroxyl groups is 1. The van der Waals surface area contributed by atoms with Gasteiger partial charge in [-0.15, -0.1) is 0 Å². The Kier molecular flexibility index (Phi) is 4.55. The molecule has 6 heteroatoms. The highest BCUT2D eigenvalue weighted by Gasteiger charge is 2.41. The molecule has 17 heavy (non-hydrogen) atoms. The van der Waals surface area contributed by atoms with Gasteiger partial charge in [0.15, 0.2) is 0 Å². The van der Waals surface area contributed by atoms with Crippen molar-refractivity contribution >= 4 is 24.6 Å². The second-order valence-electron chi connectivity index (χ2n) is 4.86. The SMILES string of the molecule is CC(C)(O)C(C)(C)OB(OCl)c1ccccn1. The number of aromatic nitrogens is 1. The van der Waals surface area contributed by atoms with Crippen LogP contribution in [0.25, 0.3) is 0 Å². The molecule has 0 aliphatic carbocycles. The Balaban J connectivity index is 2.85. The lowest BCUT2D eigenvalue weighted by atomic mass is 9.80. The normalized spacial score (nSPS) is 12.6. The third kappa shape index (κ3) is 3.68. The fourth-order valence-electron chi connectivity index (χ4n) is 1.05. The fourth-order valence-corrected chi connectivity index (χ4v) is 1.18. The molecule has 1 rings (SSSR count). The summed E-state index contributed by atoms with van der Waals surface area (Å²) in [5, 5.41) is 9.99. The molecular weight excluding hydrogens is 240 g/mol. The van der Waals surface area contributed by atoms with Gasteiger partial charge in [0.05, 0.1) is 16.8 Å². The Morgan fingerprint density at radius 3 is 2.35 bits per heavy atom. The molecule has 0 saturated heterocycles. The molecule has 0 amide bonds.